The van der Waals surface area contributed by atoms with Gasteiger partial charge in [-0.05, 0) is 46.7 Å². The molecule has 182 valence electrons. The molecule has 9 nitrogen and oxygen atoms in total. The van der Waals surface area contributed by atoms with Crippen LogP contribution >= 0.6 is 11.3 Å². The zero-order valence-corrected chi connectivity index (χ0v) is 19.2. The lowest BCUT2D eigenvalue weighted by Crippen LogP contribution is -2.47. The van der Waals surface area contributed by atoms with Crippen molar-refractivity contribution < 1.29 is 28.7 Å². The third-order valence-electron chi connectivity index (χ3n) is 5.12. The van der Waals surface area contributed by atoms with Gasteiger partial charge in [0, 0.05) is 18.2 Å². The number of carbonyl (C=O) groups is 4. The van der Waals surface area contributed by atoms with E-state index in [1.807, 2.05) is 0 Å². The van der Waals surface area contributed by atoms with E-state index in [1.165, 1.54) is 29.7 Å². The first-order valence-electron chi connectivity index (χ1n) is 10.5. The van der Waals surface area contributed by atoms with Crippen molar-refractivity contribution in [3.8, 4) is 0 Å². The predicted octanol–water partition coefficient (Wildman–Crippen LogP) is 2.44. The number of carboxylic acid groups (broad SMARTS) is 1. The molecule has 2 amide bonds. The molecule has 2 atom stereocenters. The summed E-state index contributed by atoms with van der Waals surface area (Å²) in [5.74, 6) is -3.84. The highest BCUT2D eigenvalue weighted by Crippen LogP contribution is 2.18. The number of alkyl halides is 1. The molecule has 0 bridgehead atoms. The van der Waals surface area contributed by atoms with Crippen LogP contribution in [0.4, 0.5) is 10.1 Å². The van der Waals surface area contributed by atoms with E-state index in [2.05, 4.69) is 10.6 Å². The van der Waals surface area contributed by atoms with E-state index < -0.39 is 54.3 Å². The van der Waals surface area contributed by atoms with Gasteiger partial charge in [-0.1, -0.05) is 18.2 Å². The van der Waals surface area contributed by atoms with E-state index in [-0.39, 0.29) is 12.1 Å². The minimum absolute atomic E-state index is 0.0366. The molecule has 3 aromatic rings. The number of aromatic nitrogens is 1. The van der Waals surface area contributed by atoms with Crippen molar-refractivity contribution in [1.82, 2.24) is 9.88 Å². The van der Waals surface area contributed by atoms with Crippen molar-refractivity contribution in [3.63, 3.8) is 0 Å². The number of halogens is 1. The lowest BCUT2D eigenvalue weighted by Gasteiger charge is -2.23. The van der Waals surface area contributed by atoms with Crippen LogP contribution in [-0.2, 0) is 20.8 Å². The lowest BCUT2D eigenvalue weighted by atomic mass is 10.1. The predicted molar refractivity (Wildman–Crippen MR) is 127 cm³/mol. The molecule has 0 saturated carbocycles. The number of nitrogens with one attached hydrogen (secondary N) is 2. The standard InChI is InChI=1S/C24H22FN3O6S/c25-13-20(29)18(12-21(30)31)27-23(33)19(11-15-8-10-35-14-15)28-9-4-7-17(24(28)34)26-22(32)16-5-2-1-3-6-16/h1-10,14,18-19H,11-13H2,(H,26,32)(H,27,33)(H,30,31)/t18-,19+/m1/s1. The second kappa shape index (κ2) is 11.8. The zero-order valence-electron chi connectivity index (χ0n) is 18.3. The Kier molecular flexibility index (Phi) is 8.63. The van der Waals surface area contributed by atoms with Gasteiger partial charge in [-0.2, -0.15) is 11.3 Å². The smallest absolute Gasteiger partial charge is 0.305 e. The summed E-state index contributed by atoms with van der Waals surface area (Å²) in [6.45, 7) is -1.45. The maximum absolute atomic E-state index is 13.2. The Morgan fingerprint density at radius 3 is 2.43 bits per heavy atom. The molecule has 3 rings (SSSR count). The first-order valence-corrected chi connectivity index (χ1v) is 11.4. The molecule has 0 fully saturated rings. The number of hydrogen-bond donors (Lipinski definition) is 3. The lowest BCUT2D eigenvalue weighted by molar-refractivity contribution is -0.140. The minimum Gasteiger partial charge on any atom is -0.481 e. The molecule has 11 heteroatoms. The molecular formula is C24H22FN3O6S. The third-order valence-corrected chi connectivity index (χ3v) is 5.85. The Hall–Kier alpha value is -4.12. The largest absolute Gasteiger partial charge is 0.481 e. The van der Waals surface area contributed by atoms with Gasteiger partial charge in [0.1, 0.15) is 24.4 Å². The topological polar surface area (TPSA) is 135 Å². The molecule has 35 heavy (non-hydrogen) atoms. The van der Waals surface area contributed by atoms with Gasteiger partial charge in [0.15, 0.2) is 5.78 Å². The minimum atomic E-state index is -1.59. The zero-order chi connectivity index (χ0) is 25.4. The Balaban J connectivity index is 1.93. The molecule has 0 saturated heterocycles. The summed E-state index contributed by atoms with van der Waals surface area (Å²) in [6.07, 6.45) is 0.580. The number of benzene rings is 1. The van der Waals surface area contributed by atoms with Gasteiger partial charge in [0.2, 0.25) is 5.91 Å². The average molecular weight is 500 g/mol. The maximum Gasteiger partial charge on any atom is 0.305 e. The highest BCUT2D eigenvalue weighted by atomic mass is 32.1. The summed E-state index contributed by atoms with van der Waals surface area (Å²) < 4.78 is 14.0. The normalized spacial score (nSPS) is 12.4. The summed E-state index contributed by atoms with van der Waals surface area (Å²) >= 11 is 1.38. The molecule has 2 aromatic heterocycles. The van der Waals surface area contributed by atoms with Gasteiger partial charge in [0.25, 0.3) is 11.5 Å². The van der Waals surface area contributed by atoms with Gasteiger partial charge >= 0.3 is 5.97 Å². The number of pyridine rings is 1. The van der Waals surface area contributed by atoms with E-state index in [1.54, 1.807) is 47.2 Å². The number of carbonyl (C=O) groups excluding carboxylic acids is 3. The molecule has 0 unspecified atom stereocenters. The summed E-state index contributed by atoms with van der Waals surface area (Å²) in [7, 11) is 0. The quantitative estimate of drug-likeness (QED) is 0.371. The highest BCUT2D eigenvalue weighted by molar-refractivity contribution is 7.07. The van der Waals surface area contributed by atoms with Crippen LogP contribution in [0.5, 0.6) is 0 Å². The first-order chi connectivity index (χ1) is 16.8. The van der Waals surface area contributed by atoms with Gasteiger partial charge in [0.05, 0.1) is 6.42 Å². The number of thiophene rings is 1. The van der Waals surface area contributed by atoms with Gasteiger partial charge < -0.3 is 20.3 Å². The second-order valence-corrected chi connectivity index (χ2v) is 8.34. The Morgan fingerprint density at radius 1 is 1.06 bits per heavy atom. The van der Waals surface area contributed by atoms with E-state index >= 15 is 0 Å². The van der Waals surface area contributed by atoms with Crippen molar-refractivity contribution >= 4 is 40.6 Å². The van der Waals surface area contributed by atoms with Crippen LogP contribution in [0.3, 0.4) is 0 Å². The number of anilines is 1. The number of ketones is 1. The van der Waals surface area contributed by atoms with Crippen molar-refractivity contribution in [2.24, 2.45) is 0 Å². The summed E-state index contributed by atoms with van der Waals surface area (Å²) in [5, 5.41) is 17.4. The third kappa shape index (κ3) is 6.70. The molecule has 0 radical (unpaired) electrons. The average Bonchev–Trinajstić information content (AvgIpc) is 3.36. The van der Waals surface area contributed by atoms with Gasteiger partial charge in [-0.15, -0.1) is 0 Å². The summed E-state index contributed by atoms with van der Waals surface area (Å²) in [5.41, 5.74) is 0.286. The first kappa shape index (κ1) is 25.5. The van der Waals surface area contributed by atoms with Crippen LogP contribution in [0.1, 0.15) is 28.4 Å². The molecule has 0 spiro atoms. The highest BCUT2D eigenvalue weighted by Gasteiger charge is 2.29. The fourth-order valence-electron chi connectivity index (χ4n) is 3.37. The van der Waals surface area contributed by atoms with Crippen molar-refractivity contribution in [1.29, 1.82) is 0 Å². The van der Waals surface area contributed by atoms with E-state index in [0.29, 0.717) is 11.1 Å². The van der Waals surface area contributed by atoms with Crippen LogP contribution in [0.2, 0.25) is 0 Å². The van der Waals surface area contributed by atoms with E-state index in [0.717, 1.165) is 4.57 Å². The van der Waals surface area contributed by atoms with Crippen molar-refractivity contribution in [2.45, 2.75) is 24.9 Å². The summed E-state index contributed by atoms with van der Waals surface area (Å²) in [6, 6.07) is 10.1. The molecule has 0 aliphatic rings. The maximum atomic E-state index is 13.2. The number of hydrogen-bond acceptors (Lipinski definition) is 6. The molecule has 0 aliphatic carbocycles. The molecule has 2 heterocycles. The van der Waals surface area contributed by atoms with Crippen molar-refractivity contribution in [3.05, 3.63) is 87.0 Å². The molecule has 0 aliphatic heterocycles. The van der Waals surface area contributed by atoms with Gasteiger partial charge in [-0.25, -0.2) is 4.39 Å². The van der Waals surface area contributed by atoms with Crippen LogP contribution in [-0.4, -0.2) is 46.0 Å². The number of nitrogens with zero attached hydrogens (tertiary/aromatic N) is 1. The van der Waals surface area contributed by atoms with E-state index in [4.69, 9.17) is 5.11 Å². The molecule has 1 aromatic carbocycles. The number of aliphatic carboxylic acids is 1. The fourth-order valence-corrected chi connectivity index (χ4v) is 4.05. The Morgan fingerprint density at radius 2 is 1.80 bits per heavy atom. The number of amides is 2. The Labute approximate surface area is 203 Å². The van der Waals surface area contributed by atoms with Crippen LogP contribution in [0, 0.1) is 0 Å². The SMILES string of the molecule is O=C(O)C[C@@H](NC(=O)[C@H](Cc1ccsc1)n1cccc(NC(=O)c2ccccc2)c1=O)C(=O)CF. The fraction of sp³-hybridized carbons (Fsp3) is 0.208. The molecule has 3 N–H and O–H groups in total. The number of Topliss-reactive ketones (excluding diaryl/α,β-unsaturated/α-hetero) is 1. The second-order valence-electron chi connectivity index (χ2n) is 7.56. The number of carboxylic acids is 1. The van der Waals surface area contributed by atoms with Crippen LogP contribution in [0.15, 0.2) is 70.3 Å². The van der Waals surface area contributed by atoms with Gasteiger partial charge in [-0.3, -0.25) is 24.0 Å². The van der Waals surface area contributed by atoms with Crippen LogP contribution < -0.4 is 16.2 Å². The van der Waals surface area contributed by atoms with E-state index in [9.17, 15) is 28.4 Å². The number of rotatable bonds is 11. The summed E-state index contributed by atoms with van der Waals surface area (Å²) in [4.78, 5) is 61.9. The molecular weight excluding hydrogens is 477 g/mol. The van der Waals surface area contributed by atoms with Crippen LogP contribution in [0.25, 0.3) is 0 Å². The van der Waals surface area contributed by atoms with Crippen molar-refractivity contribution in [2.75, 3.05) is 12.0 Å². The monoisotopic (exact) mass is 499 g/mol. The Bertz CT molecular complexity index is 1260.